The SMILES string of the molecule is Cc1c(Cc2cc(C(F)(F)F)cc(C(F)(F)F)c2)cc(-c2ccc(CO)cc2)c(NC(=O)c2cccnc2)c1C. The van der Waals surface area contributed by atoms with Crippen molar-refractivity contribution in [2.24, 2.45) is 0 Å². The number of aliphatic hydroxyl groups is 1. The van der Waals surface area contributed by atoms with Crippen molar-refractivity contribution in [1.82, 2.24) is 4.98 Å². The van der Waals surface area contributed by atoms with Gasteiger partial charge in [-0.3, -0.25) is 9.78 Å². The van der Waals surface area contributed by atoms with Crippen LogP contribution in [0.3, 0.4) is 0 Å². The molecule has 3 aromatic carbocycles. The zero-order valence-electron chi connectivity index (χ0n) is 21.4. The number of aromatic nitrogens is 1. The van der Waals surface area contributed by atoms with E-state index in [2.05, 4.69) is 10.3 Å². The number of hydrogen-bond acceptors (Lipinski definition) is 3. The minimum absolute atomic E-state index is 0.104. The number of hydrogen-bond donors (Lipinski definition) is 2. The molecule has 0 radical (unpaired) electrons. The van der Waals surface area contributed by atoms with Gasteiger partial charge in [-0.25, -0.2) is 0 Å². The van der Waals surface area contributed by atoms with Gasteiger partial charge in [-0.1, -0.05) is 24.3 Å². The van der Waals surface area contributed by atoms with Gasteiger partial charge in [0.25, 0.3) is 5.91 Å². The molecule has 0 aliphatic rings. The van der Waals surface area contributed by atoms with Crippen LogP contribution < -0.4 is 5.32 Å². The minimum atomic E-state index is -4.96. The lowest BCUT2D eigenvalue weighted by atomic mass is 9.89. The summed E-state index contributed by atoms with van der Waals surface area (Å²) in [7, 11) is 0. The maximum atomic E-state index is 13.5. The Morgan fingerprint density at radius 1 is 0.850 bits per heavy atom. The summed E-state index contributed by atoms with van der Waals surface area (Å²) >= 11 is 0. The van der Waals surface area contributed by atoms with Gasteiger partial charge in [0.05, 0.1) is 29.0 Å². The van der Waals surface area contributed by atoms with E-state index < -0.39 is 29.4 Å². The van der Waals surface area contributed by atoms with E-state index in [-0.39, 0.29) is 24.7 Å². The Hall–Kier alpha value is -4.18. The van der Waals surface area contributed by atoms with Crippen molar-refractivity contribution in [3.63, 3.8) is 0 Å². The maximum Gasteiger partial charge on any atom is 0.416 e. The Morgan fingerprint density at radius 3 is 2.00 bits per heavy atom. The fourth-order valence-corrected chi connectivity index (χ4v) is 4.37. The Morgan fingerprint density at radius 2 is 1.48 bits per heavy atom. The monoisotopic (exact) mass is 558 g/mol. The summed E-state index contributed by atoms with van der Waals surface area (Å²) in [5, 5.41) is 12.3. The number of alkyl halides is 6. The predicted molar refractivity (Wildman–Crippen MR) is 139 cm³/mol. The average molecular weight is 559 g/mol. The molecule has 0 unspecified atom stereocenters. The van der Waals surface area contributed by atoms with E-state index in [1.807, 2.05) is 0 Å². The van der Waals surface area contributed by atoms with E-state index in [1.54, 1.807) is 56.3 Å². The zero-order chi connectivity index (χ0) is 29.2. The Kier molecular flexibility index (Phi) is 8.02. The molecule has 2 N–H and O–H groups in total. The molecule has 1 amide bonds. The van der Waals surface area contributed by atoms with Crippen LogP contribution >= 0.6 is 0 Å². The lowest BCUT2D eigenvalue weighted by Crippen LogP contribution is -2.15. The third kappa shape index (κ3) is 6.34. The molecule has 0 atom stereocenters. The molecule has 0 aliphatic carbocycles. The smallest absolute Gasteiger partial charge is 0.392 e. The van der Waals surface area contributed by atoms with E-state index in [4.69, 9.17) is 0 Å². The number of nitrogens with one attached hydrogen (secondary N) is 1. The summed E-state index contributed by atoms with van der Waals surface area (Å²) in [4.78, 5) is 17.0. The topological polar surface area (TPSA) is 62.2 Å². The van der Waals surface area contributed by atoms with Gasteiger partial charge in [0.15, 0.2) is 0 Å². The number of nitrogens with zero attached hydrogens (tertiary/aromatic N) is 1. The second-order valence-corrected chi connectivity index (χ2v) is 9.35. The highest BCUT2D eigenvalue weighted by Gasteiger charge is 2.37. The fraction of sp³-hybridized carbons (Fsp3) is 0.200. The zero-order valence-corrected chi connectivity index (χ0v) is 21.4. The maximum absolute atomic E-state index is 13.5. The largest absolute Gasteiger partial charge is 0.416 e. The number of benzene rings is 3. The first-order valence-electron chi connectivity index (χ1n) is 12.1. The number of carbonyl (C=O) groups excluding carboxylic acids is 1. The first-order chi connectivity index (χ1) is 18.8. The number of pyridine rings is 1. The van der Waals surface area contributed by atoms with E-state index in [9.17, 15) is 36.2 Å². The highest BCUT2D eigenvalue weighted by Crippen LogP contribution is 2.39. The molecular weight excluding hydrogens is 534 g/mol. The molecular formula is C30H24F6N2O2. The van der Waals surface area contributed by atoms with Crippen LogP contribution in [-0.2, 0) is 25.4 Å². The highest BCUT2D eigenvalue weighted by molar-refractivity contribution is 6.07. The number of carbonyl (C=O) groups is 1. The summed E-state index contributed by atoms with van der Waals surface area (Å²) in [5.74, 6) is -0.440. The van der Waals surface area contributed by atoms with Crippen LogP contribution in [0.4, 0.5) is 32.0 Å². The molecule has 1 aromatic heterocycles. The summed E-state index contributed by atoms with van der Waals surface area (Å²) in [5.41, 5.74) is 1.29. The summed E-state index contributed by atoms with van der Waals surface area (Å²) in [6.45, 7) is 3.22. The number of aliphatic hydroxyl groups excluding tert-OH is 1. The van der Waals surface area contributed by atoms with Gasteiger partial charge in [0, 0.05) is 18.0 Å². The van der Waals surface area contributed by atoms with Gasteiger partial charge < -0.3 is 10.4 Å². The normalized spacial score (nSPS) is 11.9. The third-order valence-corrected chi connectivity index (χ3v) is 6.66. The molecule has 0 spiro atoms. The second-order valence-electron chi connectivity index (χ2n) is 9.35. The molecule has 0 saturated heterocycles. The number of rotatable bonds is 6. The standard InChI is InChI=1S/C30H24F6N2O2/c1-17-18(2)27(38-28(40)22-4-3-9-37-15-22)26(21-7-5-19(16-39)6-8-21)13-23(17)10-20-11-24(29(31,32)33)14-25(12-20)30(34,35)36/h3-9,11-15,39H,10,16H2,1-2H3,(H,38,40). The van der Waals surface area contributed by atoms with Crippen LogP contribution in [0.15, 0.2) is 73.1 Å². The van der Waals surface area contributed by atoms with E-state index in [0.29, 0.717) is 44.6 Å². The van der Waals surface area contributed by atoms with E-state index >= 15 is 0 Å². The van der Waals surface area contributed by atoms with Crippen molar-refractivity contribution >= 4 is 11.6 Å². The second kappa shape index (κ2) is 11.1. The van der Waals surface area contributed by atoms with Gasteiger partial charge in [-0.15, -0.1) is 0 Å². The van der Waals surface area contributed by atoms with Gasteiger partial charge in [-0.2, -0.15) is 26.3 Å². The molecule has 4 aromatic rings. The quantitative estimate of drug-likeness (QED) is 0.238. The van der Waals surface area contributed by atoms with Crippen molar-refractivity contribution in [3.8, 4) is 11.1 Å². The molecule has 10 heteroatoms. The van der Waals surface area contributed by atoms with E-state index in [0.717, 1.165) is 12.1 Å². The molecule has 4 nitrogen and oxygen atoms in total. The lowest BCUT2D eigenvalue weighted by molar-refractivity contribution is -0.143. The highest BCUT2D eigenvalue weighted by atomic mass is 19.4. The van der Waals surface area contributed by atoms with Crippen LogP contribution in [0.25, 0.3) is 11.1 Å². The summed E-state index contributed by atoms with van der Waals surface area (Å²) in [6.07, 6.45) is -7.21. The van der Waals surface area contributed by atoms with Gasteiger partial charge in [-0.05, 0) is 90.0 Å². The predicted octanol–water partition coefficient (Wildman–Crippen LogP) is 7.74. The molecule has 0 bridgehead atoms. The van der Waals surface area contributed by atoms with Crippen molar-refractivity contribution in [2.75, 3.05) is 5.32 Å². The van der Waals surface area contributed by atoms with Crippen LogP contribution in [-0.4, -0.2) is 16.0 Å². The Labute approximate surface area is 226 Å². The molecule has 0 aliphatic heterocycles. The lowest BCUT2D eigenvalue weighted by Gasteiger charge is -2.21. The van der Waals surface area contributed by atoms with Crippen molar-refractivity contribution < 1.29 is 36.2 Å². The Balaban J connectivity index is 1.85. The number of halogens is 6. The van der Waals surface area contributed by atoms with Crippen molar-refractivity contribution in [2.45, 2.75) is 39.2 Å². The molecule has 40 heavy (non-hydrogen) atoms. The molecule has 0 saturated carbocycles. The van der Waals surface area contributed by atoms with Crippen LogP contribution in [0, 0.1) is 13.8 Å². The molecule has 208 valence electrons. The first-order valence-corrected chi connectivity index (χ1v) is 12.1. The average Bonchev–Trinajstić information content (AvgIpc) is 2.92. The van der Waals surface area contributed by atoms with E-state index in [1.165, 1.54) is 12.4 Å². The van der Waals surface area contributed by atoms with Crippen molar-refractivity contribution in [1.29, 1.82) is 0 Å². The molecule has 4 rings (SSSR count). The molecule has 1 heterocycles. The summed E-state index contributed by atoms with van der Waals surface area (Å²) < 4.78 is 80.7. The first kappa shape index (κ1) is 28.8. The van der Waals surface area contributed by atoms with Crippen LogP contribution in [0.2, 0.25) is 0 Å². The number of anilines is 1. The van der Waals surface area contributed by atoms with Gasteiger partial charge >= 0.3 is 12.4 Å². The van der Waals surface area contributed by atoms with Crippen LogP contribution in [0.1, 0.15) is 49.3 Å². The minimum Gasteiger partial charge on any atom is -0.392 e. The van der Waals surface area contributed by atoms with Crippen molar-refractivity contribution in [3.05, 3.63) is 118 Å². The fourth-order valence-electron chi connectivity index (χ4n) is 4.37. The van der Waals surface area contributed by atoms with Gasteiger partial charge in [0.1, 0.15) is 0 Å². The van der Waals surface area contributed by atoms with Gasteiger partial charge in [0.2, 0.25) is 0 Å². The molecule has 0 fully saturated rings. The summed E-state index contributed by atoms with van der Waals surface area (Å²) in [6, 6.07) is 13.2. The third-order valence-electron chi connectivity index (χ3n) is 6.66. The Bertz CT molecular complexity index is 1500. The van der Waals surface area contributed by atoms with Crippen LogP contribution in [0.5, 0.6) is 0 Å². The number of amides is 1.